The van der Waals surface area contributed by atoms with Crippen molar-refractivity contribution in [3.05, 3.63) is 57.2 Å². The van der Waals surface area contributed by atoms with Crippen LogP contribution in [0, 0.1) is 0 Å². The third kappa shape index (κ3) is 3.76. The van der Waals surface area contributed by atoms with Crippen LogP contribution in [-0.4, -0.2) is 27.1 Å². The van der Waals surface area contributed by atoms with Gasteiger partial charge in [-0.25, -0.2) is 4.79 Å². The minimum Gasteiger partial charge on any atom is -0.494 e. The molecule has 0 saturated heterocycles. The molecule has 2 heterocycles. The molecule has 1 amide bonds. The van der Waals surface area contributed by atoms with Gasteiger partial charge in [0, 0.05) is 27.5 Å². The van der Waals surface area contributed by atoms with E-state index in [2.05, 4.69) is 10.3 Å². The number of nitrogens with one attached hydrogen (secondary N) is 2. The number of aromatic amines is 1. The first kappa shape index (κ1) is 16.9. The Morgan fingerprint density at radius 3 is 2.44 bits per heavy atom. The molecule has 3 rings (SSSR count). The molecule has 0 saturated carbocycles. The van der Waals surface area contributed by atoms with E-state index >= 15 is 0 Å². The zero-order valence-corrected chi connectivity index (χ0v) is 14.0. The van der Waals surface area contributed by atoms with Gasteiger partial charge in [0.25, 0.3) is 5.91 Å². The van der Waals surface area contributed by atoms with Crippen molar-refractivity contribution in [2.24, 2.45) is 0 Å². The second-order valence-corrected chi connectivity index (χ2v) is 6.10. The Hall–Kier alpha value is -2.97. The van der Waals surface area contributed by atoms with E-state index in [1.54, 1.807) is 24.3 Å². The van der Waals surface area contributed by atoms with Gasteiger partial charge in [0.2, 0.25) is 5.88 Å². The summed E-state index contributed by atoms with van der Waals surface area (Å²) in [5, 5.41) is 24.9. The van der Waals surface area contributed by atoms with Gasteiger partial charge in [-0.05, 0) is 24.3 Å². The molecule has 1 aromatic carbocycles. The van der Waals surface area contributed by atoms with E-state index in [1.807, 2.05) is 0 Å². The minimum absolute atomic E-state index is 0.0385. The number of carbonyl (C=O) groups excluding carboxylic acids is 2. The number of thiophene rings is 1. The lowest BCUT2D eigenvalue weighted by atomic mass is 10.2. The van der Waals surface area contributed by atoms with Crippen molar-refractivity contribution < 1.29 is 24.5 Å². The molecule has 25 heavy (non-hydrogen) atoms. The molecule has 128 valence electrons. The Morgan fingerprint density at radius 2 is 1.80 bits per heavy atom. The lowest BCUT2D eigenvalue weighted by Gasteiger charge is -2.06. The van der Waals surface area contributed by atoms with Crippen molar-refractivity contribution in [1.82, 2.24) is 4.98 Å². The summed E-state index contributed by atoms with van der Waals surface area (Å²) in [6.07, 6.45) is 0. The van der Waals surface area contributed by atoms with E-state index in [1.165, 1.54) is 10.8 Å². The molecular formula is C16H11ClN2O5S. The van der Waals surface area contributed by atoms with Crippen molar-refractivity contribution in [2.45, 2.75) is 0 Å². The topological polar surface area (TPSA) is 112 Å². The summed E-state index contributed by atoms with van der Waals surface area (Å²) in [5.74, 6) is -2.41. The number of H-pyrrole nitrogens is 1. The fourth-order valence-corrected chi connectivity index (χ4v) is 2.93. The van der Waals surface area contributed by atoms with E-state index < -0.39 is 17.8 Å². The van der Waals surface area contributed by atoms with Gasteiger partial charge in [-0.3, -0.25) is 9.78 Å². The van der Waals surface area contributed by atoms with E-state index in [-0.39, 0.29) is 22.8 Å². The highest BCUT2D eigenvalue weighted by Crippen LogP contribution is 2.30. The standard InChI is InChI=1S/C16H11ClN2O5S/c17-8-1-3-9(4-2-8)18-14(21)10-6-25-7-11(10)16(23)24-12-5-13(20)19-15(12)22/h1-7,19-20,22H,(H,18,21). The lowest BCUT2D eigenvalue weighted by molar-refractivity contribution is 0.0726. The van der Waals surface area contributed by atoms with E-state index in [0.29, 0.717) is 10.7 Å². The molecule has 0 spiro atoms. The predicted octanol–water partition coefficient (Wildman–Crippen LogP) is 3.61. The maximum atomic E-state index is 12.4. The van der Waals surface area contributed by atoms with Gasteiger partial charge in [0.05, 0.1) is 11.1 Å². The summed E-state index contributed by atoms with van der Waals surface area (Å²) in [7, 11) is 0. The molecule has 4 N–H and O–H groups in total. The minimum atomic E-state index is -0.836. The third-order valence-corrected chi connectivity index (χ3v) is 4.17. The number of hydrogen-bond donors (Lipinski definition) is 4. The Morgan fingerprint density at radius 1 is 1.12 bits per heavy atom. The fourth-order valence-electron chi connectivity index (χ4n) is 2.01. The van der Waals surface area contributed by atoms with Gasteiger partial charge in [0.1, 0.15) is 0 Å². The molecule has 0 radical (unpaired) electrons. The molecule has 0 unspecified atom stereocenters. The normalized spacial score (nSPS) is 10.4. The molecule has 3 aromatic rings. The van der Waals surface area contributed by atoms with Gasteiger partial charge in [-0.15, -0.1) is 0 Å². The Balaban J connectivity index is 1.77. The first-order valence-corrected chi connectivity index (χ1v) is 8.22. The van der Waals surface area contributed by atoms with Gasteiger partial charge in [0.15, 0.2) is 11.6 Å². The number of esters is 1. The summed E-state index contributed by atoms with van der Waals surface area (Å²) in [6, 6.07) is 7.56. The molecule has 0 fully saturated rings. The Labute approximate surface area is 150 Å². The van der Waals surface area contributed by atoms with Crippen molar-refractivity contribution in [3.8, 4) is 17.5 Å². The zero-order chi connectivity index (χ0) is 18.0. The largest absolute Gasteiger partial charge is 0.494 e. The van der Waals surface area contributed by atoms with E-state index in [9.17, 15) is 19.8 Å². The highest BCUT2D eigenvalue weighted by Gasteiger charge is 2.22. The number of anilines is 1. The smallest absolute Gasteiger partial charge is 0.345 e. The van der Waals surface area contributed by atoms with Crippen molar-refractivity contribution in [1.29, 1.82) is 0 Å². The predicted molar refractivity (Wildman–Crippen MR) is 92.8 cm³/mol. The second-order valence-electron chi connectivity index (χ2n) is 4.92. The summed E-state index contributed by atoms with van der Waals surface area (Å²) in [4.78, 5) is 26.8. The maximum absolute atomic E-state index is 12.4. The Bertz CT molecular complexity index is 932. The number of ether oxygens (including phenoxy) is 1. The first-order valence-electron chi connectivity index (χ1n) is 6.90. The number of halogens is 1. The molecular weight excluding hydrogens is 368 g/mol. The number of rotatable bonds is 4. The Kier molecular flexibility index (Phi) is 4.64. The molecule has 7 nitrogen and oxygen atoms in total. The molecule has 0 atom stereocenters. The van der Waals surface area contributed by atoms with Gasteiger partial charge in [-0.2, -0.15) is 11.3 Å². The van der Waals surface area contributed by atoms with Crippen LogP contribution < -0.4 is 10.1 Å². The van der Waals surface area contributed by atoms with Crippen molar-refractivity contribution in [3.63, 3.8) is 0 Å². The summed E-state index contributed by atoms with van der Waals surface area (Å²) in [5.41, 5.74) is 0.689. The average molecular weight is 379 g/mol. The number of benzene rings is 1. The number of amides is 1. The highest BCUT2D eigenvalue weighted by atomic mass is 35.5. The van der Waals surface area contributed by atoms with E-state index in [0.717, 1.165) is 17.4 Å². The van der Waals surface area contributed by atoms with Crippen LogP contribution in [0.3, 0.4) is 0 Å². The van der Waals surface area contributed by atoms with Crippen molar-refractivity contribution in [2.75, 3.05) is 5.32 Å². The van der Waals surface area contributed by atoms with Gasteiger partial charge < -0.3 is 20.3 Å². The highest BCUT2D eigenvalue weighted by molar-refractivity contribution is 7.08. The van der Waals surface area contributed by atoms with Crippen molar-refractivity contribution >= 4 is 40.5 Å². The second kappa shape index (κ2) is 6.88. The SMILES string of the molecule is O=C(Nc1ccc(Cl)cc1)c1cscc1C(=O)Oc1cc(O)[nH]c1O. The monoisotopic (exact) mass is 378 g/mol. The van der Waals surface area contributed by atoms with Crippen LogP contribution in [-0.2, 0) is 0 Å². The maximum Gasteiger partial charge on any atom is 0.345 e. The fraction of sp³-hybridized carbons (Fsp3) is 0. The number of aromatic nitrogens is 1. The van der Waals surface area contributed by atoms with E-state index in [4.69, 9.17) is 16.3 Å². The lowest BCUT2D eigenvalue weighted by Crippen LogP contribution is -2.17. The summed E-state index contributed by atoms with van der Waals surface area (Å²) in [6.45, 7) is 0. The zero-order valence-electron chi connectivity index (χ0n) is 12.4. The van der Waals surface area contributed by atoms with Crippen LogP contribution in [0.5, 0.6) is 17.5 Å². The molecule has 0 aliphatic carbocycles. The van der Waals surface area contributed by atoms with Gasteiger partial charge >= 0.3 is 5.97 Å². The molecule has 0 bridgehead atoms. The average Bonchev–Trinajstić information content (AvgIpc) is 3.16. The molecule has 9 heteroatoms. The quantitative estimate of drug-likeness (QED) is 0.518. The number of hydrogen-bond acceptors (Lipinski definition) is 6. The van der Waals surface area contributed by atoms with Crippen LogP contribution >= 0.6 is 22.9 Å². The van der Waals surface area contributed by atoms with Crippen LogP contribution in [0.15, 0.2) is 41.1 Å². The molecule has 2 aromatic heterocycles. The molecule has 0 aliphatic rings. The van der Waals surface area contributed by atoms with Crippen LogP contribution in [0.2, 0.25) is 5.02 Å². The first-order chi connectivity index (χ1) is 11.9. The third-order valence-electron chi connectivity index (χ3n) is 3.18. The van der Waals surface area contributed by atoms with Crippen LogP contribution in [0.4, 0.5) is 5.69 Å². The van der Waals surface area contributed by atoms with Crippen LogP contribution in [0.25, 0.3) is 0 Å². The van der Waals surface area contributed by atoms with Gasteiger partial charge in [-0.1, -0.05) is 11.6 Å². The summed E-state index contributed by atoms with van der Waals surface area (Å²) < 4.78 is 5.00. The summed E-state index contributed by atoms with van der Waals surface area (Å²) >= 11 is 6.95. The molecule has 0 aliphatic heterocycles. The van der Waals surface area contributed by atoms with Crippen LogP contribution in [0.1, 0.15) is 20.7 Å². The number of carbonyl (C=O) groups is 2. The number of aromatic hydroxyl groups is 2.